The zero-order chi connectivity index (χ0) is 25.6. The average Bonchev–Trinajstić information content (AvgIpc) is 3.11. The topological polar surface area (TPSA) is 140 Å². The Labute approximate surface area is 205 Å². The number of nitrogens with zero attached hydrogens (tertiary/aromatic N) is 1. The first-order valence-electron chi connectivity index (χ1n) is 11.3. The van der Waals surface area contributed by atoms with E-state index in [4.69, 9.17) is 20.6 Å². The van der Waals surface area contributed by atoms with Gasteiger partial charge in [-0.25, -0.2) is 8.42 Å². The maximum Gasteiger partial charge on any atom is 0.306 e. The van der Waals surface area contributed by atoms with Gasteiger partial charge in [-0.05, 0) is 36.1 Å². The standard InChI is InChI=1S/C25H31N3O6S/c1-33-23(29)15-20-14-21(28(25(20)30)12-3-13-35(2,31)32)16-34-22-10-8-18(9-11-22)17-4-6-19(7-5-17)24(26)27/h4-11,20-21H,3,12-16H2,1-2H3,(H3,26,27)/t20-,21-/m0/s1. The number of amidine groups is 1. The lowest BCUT2D eigenvalue weighted by Gasteiger charge is -2.25. The summed E-state index contributed by atoms with van der Waals surface area (Å²) in [5, 5.41) is 7.49. The number of esters is 1. The predicted octanol–water partition coefficient (Wildman–Crippen LogP) is 2.23. The number of hydrogen-bond acceptors (Lipinski definition) is 7. The summed E-state index contributed by atoms with van der Waals surface area (Å²) in [5.41, 5.74) is 8.12. The van der Waals surface area contributed by atoms with Crippen molar-refractivity contribution >= 4 is 27.5 Å². The number of carbonyl (C=O) groups excluding carboxylic acids is 2. The smallest absolute Gasteiger partial charge is 0.306 e. The number of benzene rings is 2. The molecule has 1 aliphatic heterocycles. The van der Waals surface area contributed by atoms with Crippen LogP contribution in [0.2, 0.25) is 0 Å². The van der Waals surface area contributed by atoms with Crippen LogP contribution in [-0.2, 0) is 24.2 Å². The molecular formula is C25H31N3O6S. The van der Waals surface area contributed by atoms with Crippen LogP contribution in [0.25, 0.3) is 11.1 Å². The van der Waals surface area contributed by atoms with Gasteiger partial charge >= 0.3 is 5.97 Å². The van der Waals surface area contributed by atoms with Crippen molar-refractivity contribution in [3.63, 3.8) is 0 Å². The number of hydrogen-bond donors (Lipinski definition) is 2. The zero-order valence-electron chi connectivity index (χ0n) is 19.9. The van der Waals surface area contributed by atoms with E-state index in [0.29, 0.717) is 24.2 Å². The largest absolute Gasteiger partial charge is 0.491 e. The van der Waals surface area contributed by atoms with Gasteiger partial charge < -0.3 is 20.1 Å². The molecule has 1 saturated heterocycles. The molecule has 188 valence electrons. The fourth-order valence-corrected chi connectivity index (χ4v) is 4.81. The van der Waals surface area contributed by atoms with E-state index in [1.807, 2.05) is 36.4 Å². The number of nitrogens with one attached hydrogen (secondary N) is 1. The number of rotatable bonds is 11. The molecular weight excluding hydrogens is 470 g/mol. The molecule has 0 spiro atoms. The van der Waals surface area contributed by atoms with E-state index in [1.165, 1.54) is 13.4 Å². The Morgan fingerprint density at radius 3 is 2.26 bits per heavy atom. The fraction of sp³-hybridized carbons (Fsp3) is 0.400. The van der Waals surface area contributed by atoms with Gasteiger partial charge in [0, 0.05) is 18.4 Å². The van der Waals surface area contributed by atoms with Crippen LogP contribution in [0.15, 0.2) is 48.5 Å². The third-order valence-corrected chi connectivity index (χ3v) is 7.04. The lowest BCUT2D eigenvalue weighted by molar-refractivity contribution is -0.144. The normalized spacial score (nSPS) is 17.9. The van der Waals surface area contributed by atoms with E-state index in [2.05, 4.69) is 0 Å². The van der Waals surface area contributed by atoms with Crippen LogP contribution in [0.4, 0.5) is 0 Å². The van der Waals surface area contributed by atoms with Crippen LogP contribution in [-0.4, -0.2) is 69.3 Å². The lowest BCUT2D eigenvalue weighted by Crippen LogP contribution is -2.38. The number of carbonyl (C=O) groups is 2. The van der Waals surface area contributed by atoms with E-state index in [0.717, 1.165) is 11.1 Å². The minimum absolute atomic E-state index is 0.00841. The Balaban J connectivity index is 1.64. The molecule has 0 saturated carbocycles. The molecule has 1 aliphatic rings. The van der Waals surface area contributed by atoms with Crippen LogP contribution in [0.1, 0.15) is 24.8 Å². The maximum atomic E-state index is 12.9. The number of likely N-dealkylation sites (tertiary alicyclic amines) is 1. The molecule has 1 fully saturated rings. The highest BCUT2D eigenvalue weighted by Gasteiger charge is 2.40. The number of ether oxygens (including phenoxy) is 2. The van der Waals surface area contributed by atoms with Crippen molar-refractivity contribution in [1.82, 2.24) is 4.90 Å². The van der Waals surface area contributed by atoms with Gasteiger partial charge in [0.25, 0.3) is 0 Å². The molecule has 10 heteroatoms. The molecule has 0 aliphatic carbocycles. The summed E-state index contributed by atoms with van der Waals surface area (Å²) < 4.78 is 33.7. The molecule has 2 aromatic carbocycles. The molecule has 1 amide bonds. The number of sulfone groups is 1. The SMILES string of the molecule is COC(=O)C[C@@H]1C[C@@H](COc2ccc(-c3ccc(C(=N)N)cc3)cc2)N(CCCS(C)(=O)=O)C1=O. The molecule has 35 heavy (non-hydrogen) atoms. The van der Waals surface area contributed by atoms with E-state index in [9.17, 15) is 18.0 Å². The predicted molar refractivity (Wildman–Crippen MR) is 133 cm³/mol. The van der Waals surface area contributed by atoms with Crippen molar-refractivity contribution in [3.8, 4) is 16.9 Å². The Morgan fingerprint density at radius 1 is 1.11 bits per heavy atom. The summed E-state index contributed by atoms with van der Waals surface area (Å²) in [6.45, 7) is 0.516. The van der Waals surface area contributed by atoms with Gasteiger partial charge in [0.15, 0.2) is 0 Å². The third kappa shape index (κ3) is 7.29. The van der Waals surface area contributed by atoms with Gasteiger partial charge in [-0.2, -0.15) is 0 Å². The van der Waals surface area contributed by atoms with E-state index in [-0.39, 0.29) is 43.1 Å². The highest BCUT2D eigenvalue weighted by Crippen LogP contribution is 2.29. The average molecular weight is 502 g/mol. The van der Waals surface area contributed by atoms with Gasteiger partial charge in [-0.1, -0.05) is 36.4 Å². The zero-order valence-corrected chi connectivity index (χ0v) is 20.7. The van der Waals surface area contributed by atoms with Crippen molar-refractivity contribution in [2.75, 3.05) is 32.3 Å². The van der Waals surface area contributed by atoms with Gasteiger partial charge in [0.05, 0.1) is 31.2 Å². The second kappa shape index (κ2) is 11.4. The first kappa shape index (κ1) is 26.2. The van der Waals surface area contributed by atoms with Crippen molar-refractivity contribution < 1.29 is 27.5 Å². The second-order valence-electron chi connectivity index (χ2n) is 8.71. The highest BCUT2D eigenvalue weighted by molar-refractivity contribution is 7.90. The third-order valence-electron chi connectivity index (χ3n) is 6.01. The van der Waals surface area contributed by atoms with Crippen molar-refractivity contribution in [2.45, 2.75) is 25.3 Å². The summed E-state index contributed by atoms with van der Waals surface area (Å²) in [5.74, 6) is -0.496. The first-order chi connectivity index (χ1) is 16.6. The van der Waals surface area contributed by atoms with Crippen molar-refractivity contribution in [1.29, 1.82) is 5.41 Å². The lowest BCUT2D eigenvalue weighted by atomic mass is 10.0. The molecule has 0 bridgehead atoms. The summed E-state index contributed by atoms with van der Waals surface area (Å²) >= 11 is 0. The number of amides is 1. The quantitative estimate of drug-likeness (QED) is 0.273. The number of methoxy groups -OCH3 is 1. The van der Waals surface area contributed by atoms with Crippen LogP contribution in [0, 0.1) is 11.3 Å². The molecule has 0 aromatic heterocycles. The van der Waals surface area contributed by atoms with Gasteiger partial charge in [0.1, 0.15) is 28.0 Å². The van der Waals surface area contributed by atoms with E-state index >= 15 is 0 Å². The molecule has 9 nitrogen and oxygen atoms in total. The summed E-state index contributed by atoms with van der Waals surface area (Å²) in [6, 6.07) is 14.6. The highest BCUT2D eigenvalue weighted by atomic mass is 32.2. The molecule has 2 atom stereocenters. The Morgan fingerprint density at radius 2 is 1.71 bits per heavy atom. The maximum absolute atomic E-state index is 12.9. The Hall–Kier alpha value is -3.40. The van der Waals surface area contributed by atoms with E-state index in [1.54, 1.807) is 17.0 Å². The molecule has 0 unspecified atom stereocenters. The summed E-state index contributed by atoms with van der Waals surface area (Å²) in [6.07, 6.45) is 1.92. The minimum atomic E-state index is -3.14. The summed E-state index contributed by atoms with van der Waals surface area (Å²) in [4.78, 5) is 26.3. The first-order valence-corrected chi connectivity index (χ1v) is 13.4. The van der Waals surface area contributed by atoms with E-state index < -0.39 is 21.7 Å². The van der Waals surface area contributed by atoms with Crippen molar-refractivity contribution in [3.05, 3.63) is 54.1 Å². The monoisotopic (exact) mass is 501 g/mol. The number of nitrogens with two attached hydrogens (primary N) is 1. The fourth-order valence-electron chi connectivity index (χ4n) is 4.15. The molecule has 0 radical (unpaired) electrons. The van der Waals surface area contributed by atoms with Crippen LogP contribution in [0.5, 0.6) is 5.75 Å². The Kier molecular flexibility index (Phi) is 8.50. The number of nitrogen functional groups attached to an aromatic ring is 1. The van der Waals surface area contributed by atoms with Gasteiger partial charge in [-0.15, -0.1) is 0 Å². The molecule has 3 N–H and O–H groups in total. The second-order valence-corrected chi connectivity index (χ2v) is 11.0. The molecule has 1 heterocycles. The minimum Gasteiger partial charge on any atom is -0.491 e. The van der Waals surface area contributed by atoms with Crippen molar-refractivity contribution in [2.24, 2.45) is 11.7 Å². The van der Waals surface area contributed by atoms with Gasteiger partial charge in [-0.3, -0.25) is 15.0 Å². The molecule has 3 rings (SSSR count). The Bertz CT molecular complexity index is 1160. The van der Waals surface area contributed by atoms with Crippen LogP contribution < -0.4 is 10.5 Å². The summed E-state index contributed by atoms with van der Waals surface area (Å²) in [7, 11) is -1.85. The molecule has 2 aromatic rings. The van der Waals surface area contributed by atoms with Crippen LogP contribution >= 0.6 is 0 Å². The van der Waals surface area contributed by atoms with Gasteiger partial charge in [0.2, 0.25) is 5.91 Å². The van der Waals surface area contributed by atoms with Crippen LogP contribution in [0.3, 0.4) is 0 Å².